The lowest BCUT2D eigenvalue weighted by Gasteiger charge is -2.26. The molecule has 0 rings (SSSR count). The van der Waals surface area contributed by atoms with Crippen molar-refractivity contribution >= 4 is 0 Å². The second kappa shape index (κ2) is 22.1. The van der Waals surface area contributed by atoms with Gasteiger partial charge < -0.3 is 10.2 Å². The second-order valence-corrected chi connectivity index (χ2v) is 7.61. The monoisotopic (exact) mass is 389 g/mol. The maximum atomic E-state index is 9.00. The van der Waals surface area contributed by atoms with Gasteiger partial charge in [0.05, 0.1) is 33.0 Å². The summed E-state index contributed by atoms with van der Waals surface area (Å²) in [6.45, 7) is 5.62. The maximum Gasteiger partial charge on any atom is 0.0942 e. The van der Waals surface area contributed by atoms with Gasteiger partial charge in [-0.25, -0.2) is 0 Å². The van der Waals surface area contributed by atoms with Crippen molar-refractivity contribution in [3.63, 3.8) is 0 Å². The van der Waals surface area contributed by atoms with Gasteiger partial charge in [0.25, 0.3) is 0 Å². The summed E-state index contributed by atoms with van der Waals surface area (Å²) in [5.41, 5.74) is 0. The van der Waals surface area contributed by atoms with Gasteiger partial charge in [-0.2, -0.15) is 0 Å². The van der Waals surface area contributed by atoms with Gasteiger partial charge in [-0.3, -0.25) is 9.68 Å². The second-order valence-electron chi connectivity index (χ2n) is 7.61. The summed E-state index contributed by atoms with van der Waals surface area (Å²) in [5, 5.41) is 19.5. The standard InChI is InChI=1S/C22H47NO4/c1-3-5-7-9-10-12-14-16-22(15-13-11-8-6-4-2)21-23(26-19-17-24)27-20-18-25/h22,24-25H,3-21H2,1-2H3. The molecule has 0 aromatic heterocycles. The smallest absolute Gasteiger partial charge is 0.0942 e. The summed E-state index contributed by atoms with van der Waals surface area (Å²) in [7, 11) is 0. The number of nitrogens with zero attached hydrogens (tertiary/aromatic N) is 1. The zero-order chi connectivity index (χ0) is 20.0. The topological polar surface area (TPSA) is 62.2 Å². The average molecular weight is 390 g/mol. The summed E-state index contributed by atoms with van der Waals surface area (Å²) in [6, 6.07) is 0. The first-order valence-electron chi connectivity index (χ1n) is 11.5. The Labute approximate surface area is 168 Å². The molecule has 0 heterocycles. The molecule has 0 saturated carbocycles. The average Bonchev–Trinajstić information content (AvgIpc) is 2.68. The van der Waals surface area contributed by atoms with Crippen molar-refractivity contribution in [2.45, 2.75) is 104 Å². The summed E-state index contributed by atoms with van der Waals surface area (Å²) in [5.74, 6) is 0.541. The number of rotatable bonds is 22. The summed E-state index contributed by atoms with van der Waals surface area (Å²) in [4.78, 5) is 11.0. The van der Waals surface area contributed by atoms with Crippen LogP contribution in [0.3, 0.4) is 0 Å². The molecular weight excluding hydrogens is 342 g/mol. The zero-order valence-corrected chi connectivity index (χ0v) is 18.2. The van der Waals surface area contributed by atoms with Crippen LogP contribution in [0.15, 0.2) is 0 Å². The van der Waals surface area contributed by atoms with Crippen molar-refractivity contribution in [3.8, 4) is 0 Å². The maximum absolute atomic E-state index is 9.00. The van der Waals surface area contributed by atoms with Crippen molar-refractivity contribution in [3.05, 3.63) is 0 Å². The van der Waals surface area contributed by atoms with E-state index < -0.39 is 0 Å². The minimum atomic E-state index is -0.0293. The summed E-state index contributed by atoms with van der Waals surface area (Å²) < 4.78 is 0. The third kappa shape index (κ3) is 18.9. The SMILES string of the molecule is CCCCCCCCCC(CCCCCCC)CN(OCCO)OCCO. The molecule has 5 nitrogen and oxygen atoms in total. The molecule has 0 aromatic carbocycles. The van der Waals surface area contributed by atoms with Crippen molar-refractivity contribution in [1.29, 1.82) is 0 Å². The lowest BCUT2D eigenvalue weighted by atomic mass is 9.94. The lowest BCUT2D eigenvalue weighted by Crippen LogP contribution is -2.32. The first kappa shape index (κ1) is 26.8. The molecule has 0 aromatic rings. The summed E-state index contributed by atoms with van der Waals surface area (Å²) in [6.07, 6.45) is 18.2. The van der Waals surface area contributed by atoms with Crippen LogP contribution in [-0.4, -0.2) is 48.4 Å². The van der Waals surface area contributed by atoms with Crippen LogP contribution in [0.1, 0.15) is 104 Å². The molecule has 0 amide bonds. The molecule has 0 aliphatic carbocycles. The van der Waals surface area contributed by atoms with Crippen LogP contribution in [0, 0.1) is 5.92 Å². The highest BCUT2D eigenvalue weighted by Gasteiger charge is 2.16. The molecule has 0 radical (unpaired) electrons. The molecule has 27 heavy (non-hydrogen) atoms. The predicted molar refractivity (Wildman–Crippen MR) is 112 cm³/mol. The van der Waals surface area contributed by atoms with Crippen LogP contribution in [0.5, 0.6) is 0 Å². The number of hydrogen-bond acceptors (Lipinski definition) is 5. The first-order valence-corrected chi connectivity index (χ1v) is 11.5. The highest BCUT2D eigenvalue weighted by Crippen LogP contribution is 2.21. The van der Waals surface area contributed by atoms with Crippen LogP contribution >= 0.6 is 0 Å². The van der Waals surface area contributed by atoms with Crippen molar-refractivity contribution in [2.75, 3.05) is 33.0 Å². The van der Waals surface area contributed by atoms with Crippen molar-refractivity contribution in [1.82, 2.24) is 5.23 Å². The molecule has 0 aliphatic rings. The van der Waals surface area contributed by atoms with E-state index in [-0.39, 0.29) is 26.4 Å². The van der Waals surface area contributed by atoms with E-state index in [9.17, 15) is 0 Å². The van der Waals surface area contributed by atoms with Crippen LogP contribution in [0.4, 0.5) is 0 Å². The van der Waals surface area contributed by atoms with Crippen molar-refractivity contribution < 1.29 is 19.9 Å². The minimum Gasteiger partial charge on any atom is -0.394 e. The van der Waals surface area contributed by atoms with Crippen LogP contribution < -0.4 is 0 Å². The van der Waals surface area contributed by atoms with Gasteiger partial charge in [-0.05, 0) is 18.8 Å². The number of unbranched alkanes of at least 4 members (excludes halogenated alkanes) is 10. The Bertz CT molecular complexity index is 271. The Morgan fingerprint density at radius 3 is 1.44 bits per heavy atom. The van der Waals surface area contributed by atoms with Crippen LogP contribution in [-0.2, 0) is 9.68 Å². The third-order valence-corrected chi connectivity index (χ3v) is 4.99. The molecule has 164 valence electrons. The molecule has 0 spiro atoms. The van der Waals surface area contributed by atoms with Crippen LogP contribution in [0.25, 0.3) is 0 Å². The summed E-state index contributed by atoms with van der Waals surface area (Å²) >= 11 is 0. The number of aliphatic hydroxyl groups is 2. The molecule has 0 fully saturated rings. The Balaban J connectivity index is 4.24. The lowest BCUT2D eigenvalue weighted by molar-refractivity contribution is -0.375. The van der Waals surface area contributed by atoms with E-state index in [1.165, 1.54) is 95.1 Å². The van der Waals surface area contributed by atoms with E-state index in [1.807, 2.05) is 0 Å². The molecule has 1 atom stereocenters. The van der Waals surface area contributed by atoms with Gasteiger partial charge in [-0.15, -0.1) is 0 Å². The van der Waals surface area contributed by atoms with Gasteiger partial charge in [0.1, 0.15) is 0 Å². The quantitative estimate of drug-likeness (QED) is 0.195. The van der Waals surface area contributed by atoms with Gasteiger partial charge in [0.2, 0.25) is 0 Å². The zero-order valence-electron chi connectivity index (χ0n) is 18.2. The van der Waals surface area contributed by atoms with E-state index in [4.69, 9.17) is 19.9 Å². The Morgan fingerprint density at radius 2 is 1.04 bits per heavy atom. The van der Waals surface area contributed by atoms with Gasteiger partial charge in [-0.1, -0.05) is 96.1 Å². The highest BCUT2D eigenvalue weighted by atomic mass is 16.9. The van der Waals surface area contributed by atoms with E-state index >= 15 is 0 Å². The molecule has 1 unspecified atom stereocenters. The Morgan fingerprint density at radius 1 is 0.630 bits per heavy atom. The molecule has 0 aliphatic heterocycles. The normalized spacial score (nSPS) is 12.8. The number of hydrogen-bond donors (Lipinski definition) is 2. The largest absolute Gasteiger partial charge is 0.394 e. The predicted octanol–water partition coefficient (Wildman–Crippen LogP) is 5.25. The molecule has 2 N–H and O–H groups in total. The minimum absolute atomic E-state index is 0.0293. The van der Waals surface area contributed by atoms with E-state index in [0.29, 0.717) is 12.5 Å². The molecular formula is C22H47NO4. The Hall–Kier alpha value is -0.200. The fraction of sp³-hybridized carbons (Fsp3) is 1.00. The Kier molecular flexibility index (Phi) is 21.9. The van der Waals surface area contributed by atoms with Gasteiger partial charge >= 0.3 is 0 Å². The van der Waals surface area contributed by atoms with Gasteiger partial charge in [0.15, 0.2) is 0 Å². The fourth-order valence-corrected chi connectivity index (χ4v) is 3.39. The molecule has 0 saturated heterocycles. The first-order chi connectivity index (χ1) is 13.3. The van der Waals surface area contributed by atoms with Crippen LogP contribution in [0.2, 0.25) is 0 Å². The molecule has 0 bridgehead atoms. The fourth-order valence-electron chi connectivity index (χ4n) is 3.39. The van der Waals surface area contributed by atoms with Gasteiger partial charge in [0, 0.05) is 0 Å². The number of aliphatic hydroxyl groups excluding tert-OH is 2. The third-order valence-electron chi connectivity index (χ3n) is 4.99. The molecule has 5 heteroatoms. The number of hydroxylamine groups is 2. The van der Waals surface area contributed by atoms with E-state index in [0.717, 1.165) is 0 Å². The van der Waals surface area contributed by atoms with E-state index in [2.05, 4.69) is 13.8 Å². The highest BCUT2D eigenvalue weighted by molar-refractivity contribution is 4.62. The van der Waals surface area contributed by atoms with E-state index in [1.54, 1.807) is 0 Å². The van der Waals surface area contributed by atoms with Crippen molar-refractivity contribution in [2.24, 2.45) is 5.92 Å².